The highest BCUT2D eigenvalue weighted by molar-refractivity contribution is 5.83. The molecule has 0 bridgehead atoms. The molecular formula is C14H15F3N2O4. The molecule has 1 aliphatic heterocycles. The summed E-state index contributed by atoms with van der Waals surface area (Å²) in [5, 5.41) is 13.7. The molecular weight excluding hydrogens is 317 g/mol. The molecule has 0 aliphatic carbocycles. The maximum atomic E-state index is 13.3. The predicted octanol–water partition coefficient (Wildman–Crippen LogP) is 1.47. The van der Waals surface area contributed by atoms with Gasteiger partial charge in [-0.05, 0) is 12.5 Å². The maximum Gasteiger partial charge on any atom is 0.437 e. The van der Waals surface area contributed by atoms with Crippen molar-refractivity contribution in [1.82, 2.24) is 10.6 Å². The second-order valence-corrected chi connectivity index (χ2v) is 4.98. The molecule has 1 heterocycles. The van der Waals surface area contributed by atoms with Crippen LogP contribution in [0.1, 0.15) is 18.5 Å². The quantitative estimate of drug-likeness (QED) is 0.732. The van der Waals surface area contributed by atoms with Crippen molar-refractivity contribution in [1.29, 1.82) is 0 Å². The second-order valence-electron chi connectivity index (χ2n) is 4.98. The number of halogens is 3. The number of hydrogen-bond acceptors (Lipinski definition) is 4. The fourth-order valence-electron chi connectivity index (χ4n) is 2.47. The topological polar surface area (TPSA) is 87.7 Å². The highest BCUT2D eigenvalue weighted by Crippen LogP contribution is 2.42. The molecule has 0 aromatic heterocycles. The third kappa shape index (κ3) is 3.09. The Hall–Kier alpha value is -2.29. The lowest BCUT2D eigenvalue weighted by Gasteiger charge is -2.44. The fourth-order valence-corrected chi connectivity index (χ4v) is 2.47. The van der Waals surface area contributed by atoms with Crippen molar-refractivity contribution in [2.75, 3.05) is 6.61 Å². The summed E-state index contributed by atoms with van der Waals surface area (Å²) < 4.78 is 44.7. The Morgan fingerprint density at radius 1 is 1.35 bits per heavy atom. The molecule has 2 rings (SSSR count). The minimum absolute atomic E-state index is 0.168. The normalized spacial score (nSPS) is 27.8. The third-order valence-corrected chi connectivity index (χ3v) is 3.51. The van der Waals surface area contributed by atoms with E-state index in [1.165, 1.54) is 24.4 Å². The number of nitrogens with one attached hydrogen (secondary N) is 2. The zero-order chi connectivity index (χ0) is 17.3. The summed E-state index contributed by atoms with van der Waals surface area (Å²) in [4.78, 5) is 23.7. The van der Waals surface area contributed by atoms with E-state index in [-0.39, 0.29) is 12.2 Å². The van der Waals surface area contributed by atoms with E-state index in [2.05, 4.69) is 10.1 Å². The second kappa shape index (κ2) is 6.07. The van der Waals surface area contributed by atoms with Crippen LogP contribution < -0.4 is 10.6 Å². The summed E-state index contributed by atoms with van der Waals surface area (Å²) in [6.07, 6.45) is -5.27. The largest absolute Gasteiger partial charge is 0.466 e. The molecule has 0 unspecified atom stereocenters. The van der Waals surface area contributed by atoms with E-state index in [0.29, 0.717) is 0 Å². The van der Waals surface area contributed by atoms with Gasteiger partial charge in [0.25, 0.3) is 5.72 Å². The Kier molecular flexibility index (Phi) is 4.51. The number of rotatable bonds is 3. The van der Waals surface area contributed by atoms with Gasteiger partial charge in [0.1, 0.15) is 5.92 Å². The van der Waals surface area contributed by atoms with E-state index in [0.717, 1.165) is 0 Å². The molecule has 1 aromatic rings. The lowest BCUT2D eigenvalue weighted by atomic mass is 9.82. The molecule has 0 saturated carbocycles. The van der Waals surface area contributed by atoms with Gasteiger partial charge in [0.2, 0.25) is 0 Å². The van der Waals surface area contributed by atoms with Crippen molar-refractivity contribution in [2.45, 2.75) is 24.9 Å². The molecule has 1 saturated heterocycles. The molecule has 126 valence electrons. The molecule has 0 spiro atoms. The minimum atomic E-state index is -5.27. The first-order chi connectivity index (χ1) is 10.7. The van der Waals surface area contributed by atoms with Crippen molar-refractivity contribution in [2.24, 2.45) is 5.92 Å². The first-order valence-corrected chi connectivity index (χ1v) is 6.80. The number of ether oxygens (including phenoxy) is 1. The van der Waals surface area contributed by atoms with Crippen LogP contribution in [-0.2, 0) is 9.53 Å². The van der Waals surface area contributed by atoms with Gasteiger partial charge < -0.3 is 20.5 Å². The maximum absolute atomic E-state index is 13.3. The van der Waals surface area contributed by atoms with E-state index in [1.54, 1.807) is 18.2 Å². The molecule has 3 atom stereocenters. The summed E-state index contributed by atoms with van der Waals surface area (Å²) in [5.74, 6) is -3.36. The average molecular weight is 332 g/mol. The van der Waals surface area contributed by atoms with Gasteiger partial charge in [-0.15, -0.1) is 0 Å². The monoisotopic (exact) mass is 332 g/mol. The SMILES string of the molecule is CCOC(=O)[C@@H]1[C@@H](c2ccccc2)NC(=O)N[C@@]1(O)C(F)(F)F. The minimum Gasteiger partial charge on any atom is -0.466 e. The fraction of sp³-hybridized carbons (Fsp3) is 0.429. The standard InChI is InChI=1S/C14H15F3N2O4/c1-2-23-11(20)9-10(8-6-4-3-5-7-8)18-12(21)19-13(9,22)14(15,16)17/h3-7,9-10,22H,2H2,1H3,(H2,18,19,21)/t9-,10+,13-/m0/s1. The number of aliphatic hydroxyl groups is 1. The molecule has 3 N–H and O–H groups in total. The van der Waals surface area contributed by atoms with Crippen LogP contribution >= 0.6 is 0 Å². The van der Waals surface area contributed by atoms with E-state index in [1.807, 2.05) is 0 Å². The molecule has 1 aliphatic rings. The van der Waals surface area contributed by atoms with Gasteiger partial charge in [0.15, 0.2) is 0 Å². The van der Waals surface area contributed by atoms with Crippen LogP contribution in [0.2, 0.25) is 0 Å². The number of urea groups is 1. The smallest absolute Gasteiger partial charge is 0.437 e. The molecule has 6 nitrogen and oxygen atoms in total. The Labute approximate surface area is 129 Å². The zero-order valence-corrected chi connectivity index (χ0v) is 12.1. The zero-order valence-electron chi connectivity index (χ0n) is 12.1. The number of carbonyl (C=O) groups excluding carboxylic acids is 2. The van der Waals surface area contributed by atoms with Crippen molar-refractivity contribution in [3.8, 4) is 0 Å². The molecule has 0 radical (unpaired) electrons. The number of alkyl halides is 3. The van der Waals surface area contributed by atoms with E-state index in [9.17, 15) is 27.9 Å². The van der Waals surface area contributed by atoms with Gasteiger partial charge in [0.05, 0.1) is 12.6 Å². The third-order valence-electron chi connectivity index (χ3n) is 3.51. The van der Waals surface area contributed by atoms with Gasteiger partial charge in [-0.1, -0.05) is 30.3 Å². The molecule has 1 fully saturated rings. The first-order valence-electron chi connectivity index (χ1n) is 6.80. The van der Waals surface area contributed by atoms with Crippen LogP contribution in [-0.4, -0.2) is 35.6 Å². The van der Waals surface area contributed by atoms with Crippen LogP contribution in [0.4, 0.5) is 18.0 Å². The van der Waals surface area contributed by atoms with Crippen LogP contribution in [0.15, 0.2) is 30.3 Å². The number of hydrogen-bond donors (Lipinski definition) is 3. The highest BCUT2D eigenvalue weighted by atomic mass is 19.4. The van der Waals surface area contributed by atoms with E-state index < -0.39 is 35.9 Å². The Bertz CT molecular complexity index is 593. The van der Waals surface area contributed by atoms with Crippen molar-refractivity contribution < 1.29 is 32.6 Å². The average Bonchev–Trinajstić information content (AvgIpc) is 2.46. The lowest BCUT2D eigenvalue weighted by molar-refractivity contribution is -0.294. The number of carbonyl (C=O) groups is 2. The summed E-state index contributed by atoms with van der Waals surface area (Å²) >= 11 is 0. The van der Waals surface area contributed by atoms with Crippen molar-refractivity contribution >= 4 is 12.0 Å². The molecule has 23 heavy (non-hydrogen) atoms. The number of esters is 1. The summed E-state index contributed by atoms with van der Waals surface area (Å²) in [6.45, 7) is 1.26. The summed E-state index contributed by atoms with van der Waals surface area (Å²) in [5.41, 5.74) is -3.50. The Morgan fingerprint density at radius 2 is 1.96 bits per heavy atom. The lowest BCUT2D eigenvalue weighted by Crippen LogP contribution is -2.73. The first kappa shape index (κ1) is 17.1. The summed E-state index contributed by atoms with van der Waals surface area (Å²) in [6, 6.07) is 4.96. The van der Waals surface area contributed by atoms with Crippen LogP contribution in [0, 0.1) is 5.92 Å². The number of benzene rings is 1. The Morgan fingerprint density at radius 3 is 2.48 bits per heavy atom. The van der Waals surface area contributed by atoms with Crippen molar-refractivity contribution in [3.63, 3.8) is 0 Å². The summed E-state index contributed by atoms with van der Waals surface area (Å²) in [7, 11) is 0. The molecule has 1 aromatic carbocycles. The van der Waals surface area contributed by atoms with E-state index >= 15 is 0 Å². The van der Waals surface area contributed by atoms with Crippen molar-refractivity contribution in [3.05, 3.63) is 35.9 Å². The highest BCUT2D eigenvalue weighted by Gasteiger charge is 2.67. The Balaban J connectivity index is 2.54. The molecule has 9 heteroatoms. The van der Waals surface area contributed by atoms with E-state index in [4.69, 9.17) is 0 Å². The van der Waals surface area contributed by atoms with Gasteiger partial charge in [0, 0.05) is 0 Å². The van der Waals surface area contributed by atoms with Crippen LogP contribution in [0.3, 0.4) is 0 Å². The predicted molar refractivity (Wildman–Crippen MR) is 72.0 cm³/mol. The van der Waals surface area contributed by atoms with Gasteiger partial charge >= 0.3 is 18.2 Å². The van der Waals surface area contributed by atoms with Crippen LogP contribution in [0.25, 0.3) is 0 Å². The van der Waals surface area contributed by atoms with Gasteiger partial charge in [-0.2, -0.15) is 13.2 Å². The van der Waals surface area contributed by atoms with Crippen LogP contribution in [0.5, 0.6) is 0 Å². The number of amides is 2. The van der Waals surface area contributed by atoms with Gasteiger partial charge in [-0.3, -0.25) is 4.79 Å². The van der Waals surface area contributed by atoms with Gasteiger partial charge in [-0.25, -0.2) is 4.79 Å². The molecule has 2 amide bonds.